The van der Waals surface area contributed by atoms with Crippen molar-refractivity contribution >= 4 is 17.1 Å². The van der Waals surface area contributed by atoms with E-state index in [1.807, 2.05) is 0 Å². The van der Waals surface area contributed by atoms with Crippen LogP contribution in [0.3, 0.4) is 0 Å². The summed E-state index contributed by atoms with van der Waals surface area (Å²) >= 11 is 1.51. The van der Waals surface area contributed by atoms with Gasteiger partial charge in [-0.05, 0) is 116 Å². The van der Waals surface area contributed by atoms with Crippen molar-refractivity contribution in [3.05, 3.63) is 11.6 Å². The summed E-state index contributed by atoms with van der Waals surface area (Å²) in [5, 5.41) is 0.386. The van der Waals surface area contributed by atoms with Gasteiger partial charge in [0, 0.05) is 5.25 Å². The molecule has 0 saturated heterocycles. The minimum atomic E-state index is -0.0243. The number of unbranched alkanes of at least 4 members (excludes halogenated alkanes) is 7. The maximum atomic E-state index is 12.7. The van der Waals surface area contributed by atoms with Gasteiger partial charge in [-0.25, -0.2) is 4.79 Å². The fourth-order valence-electron chi connectivity index (χ4n) is 10.3. The predicted octanol–water partition coefficient (Wildman–Crippen LogP) is 12.4. The first-order valence-electron chi connectivity index (χ1n) is 18.2. The van der Waals surface area contributed by atoms with E-state index in [1.165, 1.54) is 121 Å². The normalized spacial score (nSPS) is 35.4. The van der Waals surface area contributed by atoms with E-state index in [0.29, 0.717) is 22.7 Å². The minimum absolute atomic E-state index is 0.0243. The molecular weight excluding hydrogens is 520 g/mol. The van der Waals surface area contributed by atoms with E-state index in [4.69, 9.17) is 4.74 Å². The number of hydrogen-bond donors (Lipinski definition) is 0. The van der Waals surface area contributed by atoms with Gasteiger partial charge in [0.05, 0.1) is 6.61 Å². The van der Waals surface area contributed by atoms with Gasteiger partial charge < -0.3 is 4.74 Å². The molecule has 0 amide bonds. The zero-order chi connectivity index (χ0) is 29.5. The van der Waals surface area contributed by atoms with E-state index in [2.05, 4.69) is 47.6 Å². The number of carbonyl (C=O) groups is 1. The van der Waals surface area contributed by atoms with Crippen molar-refractivity contribution in [3.8, 4) is 0 Å². The number of fused-ring (bicyclic) bond motifs is 5. The maximum absolute atomic E-state index is 12.7. The van der Waals surface area contributed by atoms with Gasteiger partial charge in [-0.3, -0.25) is 0 Å². The van der Waals surface area contributed by atoms with Gasteiger partial charge in [-0.1, -0.05) is 117 Å². The highest BCUT2D eigenvalue weighted by Crippen LogP contribution is 2.67. The molecule has 0 N–H and O–H groups in total. The van der Waals surface area contributed by atoms with Crippen molar-refractivity contribution in [2.45, 2.75) is 169 Å². The molecule has 4 aliphatic rings. The Morgan fingerprint density at radius 2 is 1.63 bits per heavy atom. The summed E-state index contributed by atoms with van der Waals surface area (Å²) in [7, 11) is 0. The molecule has 0 spiro atoms. The van der Waals surface area contributed by atoms with Crippen LogP contribution in [0.1, 0.15) is 164 Å². The molecule has 8 unspecified atom stereocenters. The lowest BCUT2D eigenvalue weighted by atomic mass is 9.47. The Kier molecular flexibility index (Phi) is 12.7. The van der Waals surface area contributed by atoms with Gasteiger partial charge in [0.2, 0.25) is 0 Å². The second kappa shape index (κ2) is 15.5. The van der Waals surface area contributed by atoms with E-state index in [-0.39, 0.29) is 5.30 Å². The molecule has 0 radical (unpaired) electrons. The molecule has 0 aromatic rings. The molecule has 0 aliphatic heterocycles. The highest BCUT2D eigenvalue weighted by Gasteiger charge is 2.59. The van der Waals surface area contributed by atoms with Gasteiger partial charge in [0.1, 0.15) is 0 Å². The third-order valence-electron chi connectivity index (χ3n) is 12.7. The number of ether oxygens (including phenoxy) is 1. The topological polar surface area (TPSA) is 26.3 Å². The first-order chi connectivity index (χ1) is 19.7. The fraction of sp³-hybridized carbons (Fsp3) is 0.921. The van der Waals surface area contributed by atoms with Crippen LogP contribution in [0.5, 0.6) is 0 Å². The quantitative estimate of drug-likeness (QED) is 0.108. The van der Waals surface area contributed by atoms with Crippen LogP contribution in [0, 0.1) is 46.3 Å². The Bertz CT molecular complexity index is 849. The van der Waals surface area contributed by atoms with Crippen LogP contribution in [0.15, 0.2) is 11.6 Å². The molecule has 8 atom stereocenters. The van der Waals surface area contributed by atoms with E-state index in [0.717, 1.165) is 48.3 Å². The smallest absolute Gasteiger partial charge is 0.367 e. The zero-order valence-corrected chi connectivity index (χ0v) is 28.8. The second-order valence-electron chi connectivity index (χ2n) is 15.8. The number of carbonyl (C=O) groups excluding carboxylic acids is 1. The van der Waals surface area contributed by atoms with Gasteiger partial charge >= 0.3 is 5.30 Å². The molecule has 0 aromatic carbocycles. The minimum Gasteiger partial charge on any atom is -0.458 e. The van der Waals surface area contributed by atoms with Crippen LogP contribution >= 0.6 is 11.8 Å². The lowest BCUT2D eigenvalue weighted by Crippen LogP contribution is -2.50. The summed E-state index contributed by atoms with van der Waals surface area (Å²) in [5.41, 5.74) is 2.62. The molecular formula is C38H66O2S. The molecule has 0 heterocycles. The largest absolute Gasteiger partial charge is 0.458 e. The van der Waals surface area contributed by atoms with E-state index in [1.54, 1.807) is 5.57 Å². The standard InChI is InChI=1S/C38H66O2S/c1-7-8-9-10-11-12-13-14-26-40-36(39)41-31-22-24-37(5)30(27-31)18-19-32-34-21-20-33(29(4)17-15-16-28(2)3)38(34,6)25-23-35(32)37/h18,28-29,31-35H,7-17,19-27H2,1-6H3. The van der Waals surface area contributed by atoms with Crippen LogP contribution in [0.2, 0.25) is 0 Å². The van der Waals surface area contributed by atoms with E-state index < -0.39 is 0 Å². The van der Waals surface area contributed by atoms with Crippen LogP contribution < -0.4 is 0 Å². The lowest BCUT2D eigenvalue weighted by molar-refractivity contribution is -0.0497. The molecule has 0 bridgehead atoms. The number of allylic oxidation sites excluding steroid dienone is 2. The van der Waals surface area contributed by atoms with Gasteiger partial charge in [-0.2, -0.15) is 0 Å². The van der Waals surface area contributed by atoms with E-state index >= 15 is 0 Å². The van der Waals surface area contributed by atoms with Crippen LogP contribution in [0.4, 0.5) is 4.79 Å². The van der Waals surface area contributed by atoms with Crippen molar-refractivity contribution in [1.29, 1.82) is 0 Å². The highest BCUT2D eigenvalue weighted by molar-refractivity contribution is 8.13. The average Bonchev–Trinajstić information content (AvgIpc) is 3.29. The Labute approximate surface area is 259 Å². The SMILES string of the molecule is CCCCCCCCCCOC(=O)SC1CCC2(C)C(=CCC3C2CCC2(C)C(C(C)CCCC(C)C)CCC32)C1. The summed E-state index contributed by atoms with van der Waals surface area (Å²) in [6, 6.07) is 0. The Balaban J connectivity index is 1.24. The molecule has 4 rings (SSSR count). The van der Waals surface area contributed by atoms with Crippen molar-refractivity contribution in [2.24, 2.45) is 46.3 Å². The number of hydrogen-bond acceptors (Lipinski definition) is 3. The predicted molar refractivity (Wildman–Crippen MR) is 178 cm³/mol. The molecule has 4 aliphatic carbocycles. The lowest BCUT2D eigenvalue weighted by Gasteiger charge is -2.58. The highest BCUT2D eigenvalue weighted by atomic mass is 32.2. The molecule has 41 heavy (non-hydrogen) atoms. The molecule has 3 fully saturated rings. The van der Waals surface area contributed by atoms with Crippen LogP contribution in [-0.2, 0) is 4.74 Å². The van der Waals surface area contributed by atoms with Crippen molar-refractivity contribution in [1.82, 2.24) is 0 Å². The molecule has 3 heteroatoms. The average molecular weight is 587 g/mol. The summed E-state index contributed by atoms with van der Waals surface area (Å²) in [5.74, 6) is 5.32. The Morgan fingerprint density at radius 3 is 2.37 bits per heavy atom. The number of rotatable bonds is 15. The van der Waals surface area contributed by atoms with Gasteiger partial charge in [0.15, 0.2) is 0 Å². The van der Waals surface area contributed by atoms with Crippen LogP contribution in [0.25, 0.3) is 0 Å². The third kappa shape index (κ3) is 8.19. The van der Waals surface area contributed by atoms with Gasteiger partial charge in [0.25, 0.3) is 0 Å². The van der Waals surface area contributed by atoms with Crippen molar-refractivity contribution in [2.75, 3.05) is 6.61 Å². The molecule has 2 nitrogen and oxygen atoms in total. The summed E-state index contributed by atoms with van der Waals surface area (Å²) in [6.45, 7) is 15.5. The second-order valence-corrected chi connectivity index (χ2v) is 17.1. The first-order valence-corrected chi connectivity index (χ1v) is 19.1. The molecule has 3 saturated carbocycles. The number of thioether (sulfide) groups is 1. The summed E-state index contributed by atoms with van der Waals surface area (Å²) in [6.07, 6.45) is 27.8. The Hall–Kier alpha value is -0.440. The third-order valence-corrected chi connectivity index (χ3v) is 13.8. The van der Waals surface area contributed by atoms with Crippen molar-refractivity contribution in [3.63, 3.8) is 0 Å². The zero-order valence-electron chi connectivity index (χ0n) is 28.0. The summed E-state index contributed by atoms with van der Waals surface area (Å²) in [4.78, 5) is 12.7. The van der Waals surface area contributed by atoms with Crippen LogP contribution in [-0.4, -0.2) is 17.2 Å². The molecule has 236 valence electrons. The maximum Gasteiger partial charge on any atom is 0.367 e. The first kappa shape index (κ1) is 33.5. The summed E-state index contributed by atoms with van der Waals surface area (Å²) < 4.78 is 5.67. The molecule has 0 aromatic heterocycles. The Morgan fingerprint density at radius 1 is 0.902 bits per heavy atom. The van der Waals surface area contributed by atoms with E-state index in [9.17, 15) is 4.79 Å². The monoisotopic (exact) mass is 586 g/mol. The van der Waals surface area contributed by atoms with Crippen molar-refractivity contribution < 1.29 is 9.53 Å². The van der Waals surface area contributed by atoms with Gasteiger partial charge in [-0.15, -0.1) is 0 Å². The fourth-order valence-corrected chi connectivity index (χ4v) is 11.2.